The Morgan fingerprint density at radius 3 is 2.74 bits per heavy atom. The third kappa shape index (κ3) is 3.01. The molecule has 0 radical (unpaired) electrons. The Labute approximate surface area is 112 Å². The molecule has 1 aromatic rings. The minimum atomic E-state index is -0.452. The number of carbonyl (C=O) groups is 1. The number of pyridine rings is 1. The van der Waals surface area contributed by atoms with E-state index in [-0.39, 0.29) is 5.91 Å². The van der Waals surface area contributed by atoms with Gasteiger partial charge in [-0.05, 0) is 19.1 Å². The van der Waals surface area contributed by atoms with Gasteiger partial charge in [-0.25, -0.2) is 4.98 Å². The van der Waals surface area contributed by atoms with Crippen molar-refractivity contribution in [3.8, 4) is 6.07 Å². The molecule has 6 heteroatoms. The summed E-state index contributed by atoms with van der Waals surface area (Å²) in [6, 6.07) is 5.10. The van der Waals surface area contributed by atoms with Gasteiger partial charge in [0.25, 0.3) is 0 Å². The SMILES string of the molecule is C[C@H](N)C(=O)N1CCN(c2cc(C#N)ccn2)CC1. The lowest BCUT2D eigenvalue weighted by molar-refractivity contribution is -0.132. The van der Waals surface area contributed by atoms with Gasteiger partial charge in [-0.3, -0.25) is 4.79 Å². The van der Waals surface area contributed by atoms with Crippen LogP contribution in [-0.2, 0) is 4.79 Å². The van der Waals surface area contributed by atoms with Crippen molar-refractivity contribution in [1.29, 1.82) is 5.26 Å². The van der Waals surface area contributed by atoms with Crippen molar-refractivity contribution >= 4 is 11.7 Å². The van der Waals surface area contributed by atoms with Crippen molar-refractivity contribution < 1.29 is 4.79 Å². The van der Waals surface area contributed by atoms with Crippen LogP contribution < -0.4 is 10.6 Å². The van der Waals surface area contributed by atoms with Crippen molar-refractivity contribution in [3.05, 3.63) is 23.9 Å². The lowest BCUT2D eigenvalue weighted by Gasteiger charge is -2.36. The molecule has 0 aliphatic carbocycles. The molecule has 0 aromatic carbocycles. The molecular weight excluding hydrogens is 242 g/mol. The van der Waals surface area contributed by atoms with Crippen molar-refractivity contribution in [2.24, 2.45) is 5.73 Å². The van der Waals surface area contributed by atoms with E-state index in [1.807, 2.05) is 0 Å². The third-order valence-corrected chi connectivity index (χ3v) is 3.18. The van der Waals surface area contributed by atoms with E-state index in [0.29, 0.717) is 31.7 Å². The second kappa shape index (κ2) is 5.67. The summed E-state index contributed by atoms with van der Waals surface area (Å²) in [5.41, 5.74) is 6.19. The van der Waals surface area contributed by atoms with Gasteiger partial charge in [0.15, 0.2) is 0 Å². The van der Waals surface area contributed by atoms with E-state index in [4.69, 9.17) is 11.0 Å². The lowest BCUT2D eigenvalue weighted by Crippen LogP contribution is -2.52. The highest BCUT2D eigenvalue weighted by Crippen LogP contribution is 2.15. The van der Waals surface area contributed by atoms with Crippen LogP contribution in [0.3, 0.4) is 0 Å². The fourth-order valence-electron chi connectivity index (χ4n) is 2.10. The summed E-state index contributed by atoms with van der Waals surface area (Å²) in [5, 5.41) is 8.87. The molecule has 2 heterocycles. The zero-order chi connectivity index (χ0) is 13.8. The Hall–Kier alpha value is -2.13. The molecule has 1 saturated heterocycles. The van der Waals surface area contributed by atoms with Crippen molar-refractivity contribution in [3.63, 3.8) is 0 Å². The Morgan fingerprint density at radius 2 is 2.16 bits per heavy atom. The predicted molar refractivity (Wildman–Crippen MR) is 71.4 cm³/mol. The van der Waals surface area contributed by atoms with Gasteiger partial charge in [-0.1, -0.05) is 0 Å². The van der Waals surface area contributed by atoms with Crippen LogP contribution in [0.1, 0.15) is 12.5 Å². The highest BCUT2D eigenvalue weighted by molar-refractivity contribution is 5.81. The van der Waals surface area contributed by atoms with Crippen LogP contribution in [0.5, 0.6) is 0 Å². The van der Waals surface area contributed by atoms with Gasteiger partial charge >= 0.3 is 0 Å². The van der Waals surface area contributed by atoms with Crippen LogP contribution in [-0.4, -0.2) is 48.0 Å². The number of nitrogens with zero attached hydrogens (tertiary/aromatic N) is 4. The average molecular weight is 259 g/mol. The quantitative estimate of drug-likeness (QED) is 0.804. The van der Waals surface area contributed by atoms with E-state index in [2.05, 4.69) is 16.0 Å². The number of hydrogen-bond acceptors (Lipinski definition) is 5. The summed E-state index contributed by atoms with van der Waals surface area (Å²) >= 11 is 0. The van der Waals surface area contributed by atoms with E-state index >= 15 is 0 Å². The van der Waals surface area contributed by atoms with Crippen LogP contribution in [0.15, 0.2) is 18.3 Å². The number of amides is 1. The summed E-state index contributed by atoms with van der Waals surface area (Å²) in [5.74, 6) is 0.769. The van der Waals surface area contributed by atoms with Gasteiger partial charge in [0.2, 0.25) is 5.91 Å². The number of nitriles is 1. The number of hydrogen-bond donors (Lipinski definition) is 1. The van der Waals surface area contributed by atoms with Crippen molar-refractivity contribution in [2.75, 3.05) is 31.1 Å². The minimum absolute atomic E-state index is 0.0154. The van der Waals surface area contributed by atoms with Gasteiger partial charge in [-0.2, -0.15) is 5.26 Å². The molecule has 1 aromatic heterocycles. The number of carbonyl (C=O) groups excluding carboxylic acids is 1. The van der Waals surface area contributed by atoms with Crippen molar-refractivity contribution in [2.45, 2.75) is 13.0 Å². The fourth-order valence-corrected chi connectivity index (χ4v) is 2.10. The molecule has 2 N–H and O–H groups in total. The molecule has 0 unspecified atom stereocenters. The molecule has 1 aliphatic rings. The highest BCUT2D eigenvalue weighted by atomic mass is 16.2. The van der Waals surface area contributed by atoms with E-state index in [1.165, 1.54) is 0 Å². The van der Waals surface area contributed by atoms with E-state index in [9.17, 15) is 4.79 Å². The number of nitrogens with two attached hydrogens (primary N) is 1. The van der Waals surface area contributed by atoms with Crippen LogP contribution in [0.4, 0.5) is 5.82 Å². The second-order valence-corrected chi connectivity index (χ2v) is 4.62. The molecule has 0 bridgehead atoms. The van der Waals surface area contributed by atoms with Gasteiger partial charge in [0.05, 0.1) is 17.7 Å². The molecule has 100 valence electrons. The molecule has 19 heavy (non-hydrogen) atoms. The monoisotopic (exact) mass is 259 g/mol. The normalized spacial score (nSPS) is 16.9. The molecule has 1 atom stereocenters. The largest absolute Gasteiger partial charge is 0.353 e. The van der Waals surface area contributed by atoms with E-state index in [1.54, 1.807) is 30.2 Å². The molecule has 0 saturated carbocycles. The van der Waals surface area contributed by atoms with Crippen LogP contribution in [0.2, 0.25) is 0 Å². The molecular formula is C13H17N5O. The summed E-state index contributed by atoms with van der Waals surface area (Å²) in [4.78, 5) is 19.9. The van der Waals surface area contributed by atoms with Crippen LogP contribution in [0.25, 0.3) is 0 Å². The third-order valence-electron chi connectivity index (χ3n) is 3.18. The molecule has 1 fully saturated rings. The van der Waals surface area contributed by atoms with Crippen molar-refractivity contribution in [1.82, 2.24) is 9.88 Å². The molecule has 1 aliphatic heterocycles. The summed E-state index contributed by atoms with van der Waals surface area (Å²) in [7, 11) is 0. The highest BCUT2D eigenvalue weighted by Gasteiger charge is 2.23. The first-order valence-electron chi connectivity index (χ1n) is 6.27. The van der Waals surface area contributed by atoms with Gasteiger partial charge in [0, 0.05) is 32.4 Å². The Balaban J connectivity index is 2.00. The van der Waals surface area contributed by atoms with Gasteiger partial charge in [0.1, 0.15) is 5.82 Å². The smallest absolute Gasteiger partial charge is 0.239 e. The van der Waals surface area contributed by atoms with Gasteiger partial charge in [-0.15, -0.1) is 0 Å². The van der Waals surface area contributed by atoms with E-state index in [0.717, 1.165) is 5.82 Å². The van der Waals surface area contributed by atoms with E-state index < -0.39 is 6.04 Å². The Bertz CT molecular complexity index is 500. The molecule has 2 rings (SSSR count). The Kier molecular flexibility index (Phi) is 3.97. The number of aromatic nitrogens is 1. The summed E-state index contributed by atoms with van der Waals surface area (Å²) in [6.07, 6.45) is 1.63. The summed E-state index contributed by atoms with van der Waals surface area (Å²) in [6.45, 7) is 4.39. The second-order valence-electron chi connectivity index (χ2n) is 4.62. The maximum Gasteiger partial charge on any atom is 0.239 e. The number of piperazine rings is 1. The first-order chi connectivity index (χ1) is 9.11. The maximum absolute atomic E-state index is 11.8. The zero-order valence-corrected chi connectivity index (χ0v) is 10.9. The summed E-state index contributed by atoms with van der Waals surface area (Å²) < 4.78 is 0. The first kappa shape index (κ1) is 13.3. The topological polar surface area (TPSA) is 86.3 Å². The first-order valence-corrected chi connectivity index (χ1v) is 6.27. The predicted octanol–water partition coefficient (Wildman–Crippen LogP) is -0.0509. The standard InChI is InChI=1S/C13H17N5O/c1-10(15)13(19)18-6-4-17(5-7-18)12-8-11(9-14)2-3-16-12/h2-3,8,10H,4-7,15H2,1H3/t10-/m0/s1. The number of anilines is 1. The Morgan fingerprint density at radius 1 is 1.47 bits per heavy atom. The van der Waals surface area contributed by atoms with Crippen LogP contribution in [0, 0.1) is 11.3 Å². The maximum atomic E-state index is 11.8. The zero-order valence-electron chi connectivity index (χ0n) is 10.9. The van der Waals surface area contributed by atoms with Gasteiger partial charge < -0.3 is 15.5 Å². The molecule has 6 nitrogen and oxygen atoms in total. The average Bonchev–Trinajstić information content (AvgIpc) is 2.46. The fraction of sp³-hybridized carbons (Fsp3) is 0.462. The molecule has 1 amide bonds. The minimum Gasteiger partial charge on any atom is -0.353 e. The van der Waals surface area contributed by atoms with Crippen LogP contribution >= 0.6 is 0 Å². The molecule has 0 spiro atoms. The number of rotatable bonds is 2. The lowest BCUT2D eigenvalue weighted by atomic mass is 10.2.